The standard InChI is InChI=1S/C25H31N3O3/c1-17(2)15-22(21-7-5-6-8-23(21)31-16-18(3)4)28-25(30)24(29)27-20-11-9-19(10-12-20)13-14-26/h5-12,17-18,22H,13,15-16H2,1-4H3,(H,27,29)(H,28,30)/t22-/m1/s1. The number of hydrogen-bond donors (Lipinski definition) is 2. The molecule has 2 N–H and O–H groups in total. The Bertz CT molecular complexity index is 914. The highest BCUT2D eigenvalue weighted by molar-refractivity contribution is 6.39. The van der Waals surface area contributed by atoms with Crippen molar-refractivity contribution in [2.75, 3.05) is 11.9 Å². The highest BCUT2D eigenvalue weighted by Gasteiger charge is 2.23. The number of ether oxygens (including phenoxy) is 1. The first-order valence-electron chi connectivity index (χ1n) is 10.6. The molecule has 2 rings (SSSR count). The van der Waals surface area contributed by atoms with E-state index in [4.69, 9.17) is 10.00 Å². The molecule has 0 spiro atoms. The van der Waals surface area contributed by atoms with Crippen LogP contribution in [-0.4, -0.2) is 18.4 Å². The Morgan fingerprint density at radius 1 is 0.968 bits per heavy atom. The van der Waals surface area contributed by atoms with E-state index >= 15 is 0 Å². The summed E-state index contributed by atoms with van der Waals surface area (Å²) in [6.07, 6.45) is 0.966. The first-order chi connectivity index (χ1) is 14.8. The molecule has 2 aromatic rings. The van der Waals surface area contributed by atoms with Gasteiger partial charge in [0.1, 0.15) is 5.75 Å². The number of benzene rings is 2. The molecule has 0 aromatic heterocycles. The third-order valence-corrected chi connectivity index (χ3v) is 4.58. The van der Waals surface area contributed by atoms with Gasteiger partial charge in [0.25, 0.3) is 0 Å². The van der Waals surface area contributed by atoms with Crippen molar-refractivity contribution in [3.8, 4) is 11.8 Å². The maximum absolute atomic E-state index is 12.7. The number of nitriles is 1. The molecule has 0 radical (unpaired) electrons. The molecule has 31 heavy (non-hydrogen) atoms. The highest BCUT2D eigenvalue weighted by atomic mass is 16.5. The van der Waals surface area contributed by atoms with Crippen LogP contribution in [-0.2, 0) is 16.0 Å². The highest BCUT2D eigenvalue weighted by Crippen LogP contribution is 2.30. The third kappa shape index (κ3) is 7.78. The fraction of sp³-hybridized carbons (Fsp3) is 0.400. The van der Waals surface area contributed by atoms with Crippen LogP contribution in [0.3, 0.4) is 0 Å². The number of hydrogen-bond acceptors (Lipinski definition) is 4. The maximum Gasteiger partial charge on any atom is 0.313 e. The van der Waals surface area contributed by atoms with Crippen molar-refractivity contribution in [1.82, 2.24) is 5.32 Å². The van der Waals surface area contributed by atoms with Gasteiger partial charge >= 0.3 is 11.8 Å². The largest absolute Gasteiger partial charge is 0.493 e. The van der Waals surface area contributed by atoms with Crippen molar-refractivity contribution in [2.45, 2.75) is 46.6 Å². The van der Waals surface area contributed by atoms with Gasteiger partial charge in [-0.2, -0.15) is 5.26 Å². The van der Waals surface area contributed by atoms with Gasteiger partial charge in [-0.05, 0) is 42.0 Å². The summed E-state index contributed by atoms with van der Waals surface area (Å²) in [5.74, 6) is -0.0425. The topological polar surface area (TPSA) is 91.2 Å². The summed E-state index contributed by atoms with van der Waals surface area (Å²) in [6.45, 7) is 8.86. The molecule has 0 heterocycles. The van der Waals surface area contributed by atoms with Gasteiger partial charge in [0.15, 0.2) is 0 Å². The molecule has 1 atom stereocenters. The molecule has 0 unspecified atom stereocenters. The molecule has 0 bridgehead atoms. The van der Waals surface area contributed by atoms with E-state index in [9.17, 15) is 9.59 Å². The number of amides is 2. The molecule has 164 valence electrons. The van der Waals surface area contributed by atoms with Crippen LogP contribution in [0.25, 0.3) is 0 Å². The zero-order valence-electron chi connectivity index (χ0n) is 18.6. The van der Waals surface area contributed by atoms with Crippen molar-refractivity contribution in [3.63, 3.8) is 0 Å². The SMILES string of the molecule is CC(C)COc1ccccc1[C@@H](CC(C)C)NC(=O)C(=O)Nc1ccc(CC#N)cc1. The molecular formula is C25H31N3O3. The van der Waals surface area contributed by atoms with Gasteiger partial charge < -0.3 is 15.4 Å². The van der Waals surface area contributed by atoms with E-state index in [0.717, 1.165) is 16.9 Å². The minimum Gasteiger partial charge on any atom is -0.493 e. The summed E-state index contributed by atoms with van der Waals surface area (Å²) < 4.78 is 5.96. The van der Waals surface area contributed by atoms with E-state index in [0.29, 0.717) is 37.0 Å². The molecule has 2 aromatic carbocycles. The van der Waals surface area contributed by atoms with Crippen LogP contribution >= 0.6 is 0 Å². The molecule has 0 saturated heterocycles. The molecule has 0 fully saturated rings. The molecule has 0 aliphatic rings. The number of carbonyl (C=O) groups excluding carboxylic acids is 2. The summed E-state index contributed by atoms with van der Waals surface area (Å²) in [5.41, 5.74) is 2.21. The Labute approximate surface area is 184 Å². The van der Waals surface area contributed by atoms with Crippen LogP contribution in [0.15, 0.2) is 48.5 Å². The lowest BCUT2D eigenvalue weighted by Crippen LogP contribution is -2.38. The Kier molecular flexibility index (Phi) is 9.08. The molecule has 6 nitrogen and oxygen atoms in total. The zero-order valence-corrected chi connectivity index (χ0v) is 18.6. The van der Waals surface area contributed by atoms with E-state index in [1.165, 1.54) is 0 Å². The number of rotatable bonds is 9. The molecule has 0 aliphatic heterocycles. The molecule has 2 amide bonds. The predicted molar refractivity (Wildman–Crippen MR) is 122 cm³/mol. The minimum absolute atomic E-state index is 0.296. The lowest BCUT2D eigenvalue weighted by Gasteiger charge is -2.23. The molecule has 6 heteroatoms. The average Bonchev–Trinajstić information content (AvgIpc) is 2.73. The van der Waals surface area contributed by atoms with Crippen molar-refractivity contribution >= 4 is 17.5 Å². The van der Waals surface area contributed by atoms with Gasteiger partial charge in [0, 0.05) is 11.3 Å². The van der Waals surface area contributed by atoms with E-state index in [1.807, 2.05) is 24.3 Å². The van der Waals surface area contributed by atoms with Gasteiger partial charge in [-0.1, -0.05) is 58.0 Å². The average molecular weight is 422 g/mol. The zero-order chi connectivity index (χ0) is 22.8. The van der Waals surface area contributed by atoms with E-state index in [-0.39, 0.29) is 6.04 Å². The Balaban J connectivity index is 2.12. The van der Waals surface area contributed by atoms with Crippen LogP contribution in [0.4, 0.5) is 5.69 Å². The van der Waals surface area contributed by atoms with Gasteiger partial charge in [0.2, 0.25) is 0 Å². The Morgan fingerprint density at radius 3 is 2.26 bits per heavy atom. The summed E-state index contributed by atoms with van der Waals surface area (Å²) in [5, 5.41) is 14.2. The normalized spacial score (nSPS) is 11.6. The lowest BCUT2D eigenvalue weighted by molar-refractivity contribution is -0.136. The quantitative estimate of drug-likeness (QED) is 0.578. The van der Waals surface area contributed by atoms with Crippen LogP contribution in [0.5, 0.6) is 5.75 Å². The van der Waals surface area contributed by atoms with E-state index in [2.05, 4.69) is 44.4 Å². The van der Waals surface area contributed by atoms with Gasteiger partial charge in [-0.15, -0.1) is 0 Å². The number of nitrogens with zero attached hydrogens (tertiary/aromatic N) is 1. The Hall–Kier alpha value is -3.33. The van der Waals surface area contributed by atoms with Crippen LogP contribution in [0.2, 0.25) is 0 Å². The molecule has 0 aliphatic carbocycles. The van der Waals surface area contributed by atoms with Gasteiger partial charge in [-0.25, -0.2) is 0 Å². The molecule has 0 saturated carbocycles. The smallest absolute Gasteiger partial charge is 0.313 e. The minimum atomic E-state index is -0.734. The first-order valence-corrected chi connectivity index (χ1v) is 10.6. The third-order valence-electron chi connectivity index (χ3n) is 4.58. The number of carbonyl (C=O) groups is 2. The van der Waals surface area contributed by atoms with Gasteiger partial charge in [-0.3, -0.25) is 9.59 Å². The van der Waals surface area contributed by atoms with Crippen LogP contribution in [0.1, 0.15) is 51.3 Å². The summed E-state index contributed by atoms with van der Waals surface area (Å²) >= 11 is 0. The first kappa shape index (κ1) is 23.9. The van der Waals surface area contributed by atoms with Crippen molar-refractivity contribution in [3.05, 3.63) is 59.7 Å². The second kappa shape index (κ2) is 11.8. The Morgan fingerprint density at radius 2 is 1.65 bits per heavy atom. The predicted octanol–water partition coefficient (Wildman–Crippen LogP) is 4.63. The second-order valence-electron chi connectivity index (χ2n) is 8.38. The van der Waals surface area contributed by atoms with Crippen LogP contribution in [0, 0.1) is 23.2 Å². The fourth-order valence-corrected chi connectivity index (χ4v) is 3.10. The summed E-state index contributed by atoms with van der Waals surface area (Å²) in [7, 11) is 0. The fourth-order valence-electron chi connectivity index (χ4n) is 3.10. The van der Waals surface area contributed by atoms with E-state index < -0.39 is 11.8 Å². The summed E-state index contributed by atoms with van der Waals surface area (Å²) in [4.78, 5) is 25.1. The lowest BCUT2D eigenvalue weighted by atomic mass is 9.96. The number of anilines is 1. The molecular weight excluding hydrogens is 390 g/mol. The van der Waals surface area contributed by atoms with E-state index in [1.54, 1.807) is 24.3 Å². The summed E-state index contributed by atoms with van der Waals surface area (Å²) in [6, 6.07) is 16.2. The number of para-hydroxylation sites is 1. The van der Waals surface area contributed by atoms with Crippen molar-refractivity contribution < 1.29 is 14.3 Å². The van der Waals surface area contributed by atoms with Crippen molar-refractivity contribution in [2.24, 2.45) is 11.8 Å². The van der Waals surface area contributed by atoms with Gasteiger partial charge in [0.05, 0.1) is 25.1 Å². The van der Waals surface area contributed by atoms with Crippen molar-refractivity contribution in [1.29, 1.82) is 5.26 Å². The maximum atomic E-state index is 12.7. The monoisotopic (exact) mass is 421 g/mol. The second-order valence-corrected chi connectivity index (χ2v) is 8.38. The number of nitrogens with one attached hydrogen (secondary N) is 2. The van der Waals surface area contributed by atoms with Crippen LogP contribution < -0.4 is 15.4 Å².